The molecule has 1 N–H and O–H groups in total. The monoisotopic (exact) mass is 272 g/mol. The zero-order valence-electron chi connectivity index (χ0n) is 8.03. The first-order valence-corrected chi connectivity index (χ1v) is 6.48. The van der Waals surface area contributed by atoms with Gasteiger partial charge in [-0.1, -0.05) is 6.92 Å². The zero-order chi connectivity index (χ0) is 9.97. The molecule has 0 aromatic carbocycles. The van der Waals surface area contributed by atoms with E-state index in [0.29, 0.717) is 5.37 Å². The number of halogens is 1. The van der Waals surface area contributed by atoms with Crippen molar-refractivity contribution in [3.8, 4) is 0 Å². The molecular weight excluding hydrogens is 260 g/mol. The molecule has 0 saturated carbocycles. The second-order valence-electron chi connectivity index (χ2n) is 3.51. The van der Waals surface area contributed by atoms with Gasteiger partial charge in [-0.2, -0.15) is 0 Å². The summed E-state index contributed by atoms with van der Waals surface area (Å²) in [5.41, 5.74) is 1.26. The number of pyridine rings is 1. The van der Waals surface area contributed by atoms with Crippen LogP contribution in [-0.2, 0) is 0 Å². The van der Waals surface area contributed by atoms with Gasteiger partial charge in [-0.3, -0.25) is 4.98 Å². The van der Waals surface area contributed by atoms with Gasteiger partial charge in [-0.25, -0.2) is 0 Å². The van der Waals surface area contributed by atoms with Gasteiger partial charge >= 0.3 is 0 Å². The predicted octanol–water partition coefficient (Wildman–Crippen LogP) is 2.96. The summed E-state index contributed by atoms with van der Waals surface area (Å²) < 4.78 is 1.05. The zero-order valence-corrected chi connectivity index (χ0v) is 10.4. The van der Waals surface area contributed by atoms with Crippen LogP contribution in [0.3, 0.4) is 0 Å². The van der Waals surface area contributed by atoms with E-state index in [-0.39, 0.29) is 0 Å². The smallest absolute Gasteiger partial charge is 0.0807 e. The molecular formula is C10H13BrN2S. The van der Waals surface area contributed by atoms with Crippen LogP contribution in [0.4, 0.5) is 0 Å². The van der Waals surface area contributed by atoms with Gasteiger partial charge in [0.05, 0.1) is 5.37 Å². The molecule has 2 heterocycles. The van der Waals surface area contributed by atoms with Gasteiger partial charge < -0.3 is 5.32 Å². The van der Waals surface area contributed by atoms with Gasteiger partial charge in [-0.15, -0.1) is 11.8 Å². The molecule has 1 aliphatic heterocycles. The lowest BCUT2D eigenvalue weighted by atomic mass is 10.2. The first kappa shape index (κ1) is 10.5. The van der Waals surface area contributed by atoms with Crippen LogP contribution < -0.4 is 5.32 Å². The third kappa shape index (κ3) is 2.49. The Hall–Kier alpha value is -0.0600. The molecule has 14 heavy (non-hydrogen) atoms. The van der Waals surface area contributed by atoms with Crippen LogP contribution in [0.5, 0.6) is 0 Å². The van der Waals surface area contributed by atoms with Crippen molar-refractivity contribution < 1.29 is 0 Å². The SMILES string of the molecule is CC1CCNC(c2cncc(Br)c2)S1. The molecule has 0 amide bonds. The number of aromatic nitrogens is 1. The minimum atomic E-state index is 0.406. The fourth-order valence-electron chi connectivity index (χ4n) is 1.53. The Labute approximate surface area is 97.0 Å². The van der Waals surface area contributed by atoms with Crippen LogP contribution in [0.2, 0.25) is 0 Å². The van der Waals surface area contributed by atoms with Crippen LogP contribution in [-0.4, -0.2) is 16.8 Å². The number of thioether (sulfide) groups is 1. The van der Waals surface area contributed by atoms with E-state index >= 15 is 0 Å². The van der Waals surface area contributed by atoms with Crippen LogP contribution in [0.15, 0.2) is 22.9 Å². The van der Waals surface area contributed by atoms with Crippen molar-refractivity contribution in [2.24, 2.45) is 0 Å². The molecule has 2 nitrogen and oxygen atoms in total. The normalized spacial score (nSPS) is 27.6. The standard InChI is InChI=1S/C10H13BrN2S/c1-7-2-3-13-10(14-7)8-4-9(11)6-12-5-8/h4-7,10,13H,2-3H2,1H3. The molecule has 1 fully saturated rings. The molecule has 4 heteroatoms. The predicted molar refractivity (Wildman–Crippen MR) is 64.4 cm³/mol. The minimum Gasteiger partial charge on any atom is -0.302 e. The van der Waals surface area contributed by atoms with E-state index in [9.17, 15) is 0 Å². The lowest BCUT2D eigenvalue weighted by Gasteiger charge is -2.27. The summed E-state index contributed by atoms with van der Waals surface area (Å²) in [6.45, 7) is 3.38. The molecule has 1 aromatic rings. The second-order valence-corrected chi connectivity index (χ2v) is 5.97. The first-order valence-electron chi connectivity index (χ1n) is 4.75. The molecule has 1 saturated heterocycles. The molecule has 2 atom stereocenters. The van der Waals surface area contributed by atoms with Crippen LogP contribution in [0.25, 0.3) is 0 Å². The molecule has 0 spiro atoms. The minimum absolute atomic E-state index is 0.406. The van der Waals surface area contributed by atoms with E-state index in [1.165, 1.54) is 12.0 Å². The molecule has 1 aromatic heterocycles. The topological polar surface area (TPSA) is 24.9 Å². The summed E-state index contributed by atoms with van der Waals surface area (Å²) in [6.07, 6.45) is 5.01. The van der Waals surface area contributed by atoms with Crippen molar-refractivity contribution in [3.05, 3.63) is 28.5 Å². The van der Waals surface area contributed by atoms with Gasteiger partial charge in [0.15, 0.2) is 0 Å². The molecule has 76 valence electrons. The number of hydrogen-bond acceptors (Lipinski definition) is 3. The third-order valence-electron chi connectivity index (χ3n) is 2.28. The average molecular weight is 273 g/mol. The van der Waals surface area contributed by atoms with Gasteiger partial charge in [0, 0.05) is 22.1 Å². The van der Waals surface area contributed by atoms with Gasteiger partial charge in [0.1, 0.15) is 0 Å². The summed E-state index contributed by atoms with van der Waals surface area (Å²) in [5, 5.41) is 4.64. The lowest BCUT2D eigenvalue weighted by Crippen LogP contribution is -2.28. The van der Waals surface area contributed by atoms with E-state index in [0.717, 1.165) is 16.3 Å². The lowest BCUT2D eigenvalue weighted by molar-refractivity contribution is 0.604. The van der Waals surface area contributed by atoms with Crippen molar-refractivity contribution in [1.82, 2.24) is 10.3 Å². The Morgan fingerprint density at radius 1 is 1.57 bits per heavy atom. The summed E-state index contributed by atoms with van der Waals surface area (Å²) in [5.74, 6) is 0. The quantitative estimate of drug-likeness (QED) is 0.851. The summed E-state index contributed by atoms with van der Waals surface area (Å²) in [4.78, 5) is 4.18. The molecule has 0 bridgehead atoms. The highest BCUT2D eigenvalue weighted by molar-refractivity contribution is 9.10. The maximum Gasteiger partial charge on any atom is 0.0807 e. The molecule has 0 aliphatic carbocycles. The number of hydrogen-bond donors (Lipinski definition) is 1. The maximum absolute atomic E-state index is 4.18. The van der Waals surface area contributed by atoms with E-state index in [1.54, 1.807) is 0 Å². The van der Waals surface area contributed by atoms with Crippen molar-refractivity contribution in [3.63, 3.8) is 0 Å². The van der Waals surface area contributed by atoms with Crippen LogP contribution in [0.1, 0.15) is 24.3 Å². The van der Waals surface area contributed by atoms with Gasteiger partial charge in [0.25, 0.3) is 0 Å². The van der Waals surface area contributed by atoms with Crippen molar-refractivity contribution in [2.75, 3.05) is 6.54 Å². The Morgan fingerprint density at radius 2 is 2.43 bits per heavy atom. The third-order valence-corrected chi connectivity index (χ3v) is 4.12. The molecule has 2 rings (SSSR count). The number of rotatable bonds is 1. The van der Waals surface area contributed by atoms with Crippen molar-refractivity contribution >= 4 is 27.7 Å². The highest BCUT2D eigenvalue weighted by Crippen LogP contribution is 2.34. The van der Waals surface area contributed by atoms with Crippen LogP contribution >= 0.6 is 27.7 Å². The summed E-state index contributed by atoms with van der Waals surface area (Å²) >= 11 is 5.42. The van der Waals surface area contributed by atoms with Crippen molar-refractivity contribution in [1.29, 1.82) is 0 Å². The number of nitrogens with zero attached hydrogens (tertiary/aromatic N) is 1. The molecule has 2 unspecified atom stereocenters. The average Bonchev–Trinajstić information content (AvgIpc) is 2.18. The van der Waals surface area contributed by atoms with E-state index in [1.807, 2.05) is 24.2 Å². The first-order chi connectivity index (χ1) is 6.75. The maximum atomic E-state index is 4.18. The Bertz CT molecular complexity index is 319. The van der Waals surface area contributed by atoms with Crippen molar-refractivity contribution in [2.45, 2.75) is 24.0 Å². The fourth-order valence-corrected chi connectivity index (χ4v) is 3.14. The fraction of sp³-hybridized carbons (Fsp3) is 0.500. The summed E-state index contributed by atoms with van der Waals surface area (Å²) in [7, 11) is 0. The molecule has 0 radical (unpaired) electrons. The van der Waals surface area contributed by atoms with Gasteiger partial charge in [-0.05, 0) is 40.5 Å². The Kier molecular flexibility index (Phi) is 3.47. The van der Waals surface area contributed by atoms with E-state index in [2.05, 4.69) is 39.2 Å². The highest BCUT2D eigenvalue weighted by atomic mass is 79.9. The van der Waals surface area contributed by atoms with E-state index < -0.39 is 0 Å². The summed E-state index contributed by atoms with van der Waals surface area (Å²) in [6, 6.07) is 2.13. The van der Waals surface area contributed by atoms with Gasteiger partial charge in [0.2, 0.25) is 0 Å². The van der Waals surface area contributed by atoms with Crippen LogP contribution in [0, 0.1) is 0 Å². The molecule has 1 aliphatic rings. The number of nitrogens with one attached hydrogen (secondary N) is 1. The Morgan fingerprint density at radius 3 is 3.14 bits per heavy atom. The highest BCUT2D eigenvalue weighted by Gasteiger charge is 2.20. The second kappa shape index (κ2) is 4.64. The largest absolute Gasteiger partial charge is 0.302 e. The van der Waals surface area contributed by atoms with E-state index in [4.69, 9.17) is 0 Å². The Balaban J connectivity index is 2.14.